The lowest BCUT2D eigenvalue weighted by molar-refractivity contribution is -0.385. The molecular weight excluding hydrogens is 513 g/mol. The number of benzene rings is 3. The molecule has 0 radical (unpaired) electrons. The summed E-state index contributed by atoms with van der Waals surface area (Å²) < 4.78 is 23.7. The van der Waals surface area contributed by atoms with E-state index in [-0.39, 0.29) is 29.0 Å². The van der Waals surface area contributed by atoms with E-state index in [1.54, 1.807) is 30.3 Å². The summed E-state index contributed by atoms with van der Waals surface area (Å²) in [5.74, 6) is -3.18. The molecule has 2 amide bonds. The van der Waals surface area contributed by atoms with Gasteiger partial charge in [-0.15, -0.1) is 0 Å². The molecule has 3 N–H and O–H groups in total. The number of nitrogens with zero attached hydrogens (tertiary/aromatic N) is 1. The fourth-order valence-corrected chi connectivity index (χ4v) is 3.88. The third-order valence-corrected chi connectivity index (χ3v) is 5.73. The van der Waals surface area contributed by atoms with Crippen LogP contribution in [-0.2, 0) is 32.0 Å². The van der Waals surface area contributed by atoms with Gasteiger partial charge in [-0.1, -0.05) is 30.3 Å². The van der Waals surface area contributed by atoms with Crippen LogP contribution in [0, 0.1) is 15.9 Å². The summed E-state index contributed by atoms with van der Waals surface area (Å²) in [5.41, 5.74) is 0.213. The zero-order valence-corrected chi connectivity index (χ0v) is 21.0. The number of carbonyl (C=O) groups is 3. The third-order valence-electron chi connectivity index (χ3n) is 5.73. The number of ether oxygens (including phenoxy) is 2. The fourth-order valence-electron chi connectivity index (χ4n) is 3.88. The first-order chi connectivity index (χ1) is 18.6. The van der Waals surface area contributed by atoms with Crippen molar-refractivity contribution in [3.63, 3.8) is 0 Å². The van der Waals surface area contributed by atoms with Gasteiger partial charge in [0.05, 0.1) is 25.6 Å². The summed E-state index contributed by atoms with van der Waals surface area (Å²) in [7, 11) is 2.48. The van der Waals surface area contributed by atoms with Gasteiger partial charge >= 0.3 is 5.97 Å². The van der Waals surface area contributed by atoms with E-state index in [1.807, 2.05) is 0 Å². The number of nitrogens with one attached hydrogen (secondary N) is 2. The van der Waals surface area contributed by atoms with Crippen LogP contribution in [0.25, 0.3) is 0 Å². The second-order valence-electron chi connectivity index (χ2n) is 8.45. The van der Waals surface area contributed by atoms with Crippen LogP contribution in [-0.4, -0.2) is 48.1 Å². The molecule has 12 heteroatoms. The van der Waals surface area contributed by atoms with Gasteiger partial charge in [-0.25, -0.2) is 9.18 Å². The molecule has 0 saturated heterocycles. The van der Waals surface area contributed by atoms with Crippen LogP contribution in [0.1, 0.15) is 22.7 Å². The third kappa shape index (κ3) is 7.74. The number of hydrogen-bond acceptors (Lipinski definition) is 8. The summed E-state index contributed by atoms with van der Waals surface area (Å²) in [6, 6.07) is 12.8. The maximum absolute atomic E-state index is 13.7. The van der Waals surface area contributed by atoms with Crippen LogP contribution >= 0.6 is 0 Å². The van der Waals surface area contributed by atoms with Gasteiger partial charge < -0.3 is 25.2 Å². The highest BCUT2D eigenvalue weighted by molar-refractivity contribution is 5.92. The Bertz CT molecular complexity index is 1370. The molecule has 0 saturated carbocycles. The average molecular weight is 540 g/mol. The summed E-state index contributed by atoms with van der Waals surface area (Å²) in [5, 5.41) is 26.4. The zero-order valence-electron chi connectivity index (χ0n) is 21.0. The molecule has 0 heterocycles. The maximum Gasteiger partial charge on any atom is 0.333 e. The van der Waals surface area contributed by atoms with Gasteiger partial charge in [-0.3, -0.25) is 19.7 Å². The van der Waals surface area contributed by atoms with Crippen LogP contribution in [0.15, 0.2) is 66.7 Å². The Balaban J connectivity index is 1.89. The number of carbonyl (C=O) groups excluding carboxylic acids is 3. The summed E-state index contributed by atoms with van der Waals surface area (Å²) in [6.45, 7) is 0. The van der Waals surface area contributed by atoms with Crippen molar-refractivity contribution in [2.45, 2.75) is 24.9 Å². The highest BCUT2D eigenvalue weighted by Crippen LogP contribution is 2.27. The van der Waals surface area contributed by atoms with Gasteiger partial charge in [0.15, 0.2) is 6.04 Å². The number of hydrogen-bond donors (Lipinski definition) is 3. The molecule has 11 nitrogen and oxygen atoms in total. The first kappa shape index (κ1) is 28.6. The molecule has 3 aromatic carbocycles. The molecule has 0 aliphatic heterocycles. The van der Waals surface area contributed by atoms with Gasteiger partial charge in [-0.2, -0.15) is 0 Å². The van der Waals surface area contributed by atoms with Crippen LogP contribution in [0.4, 0.5) is 10.1 Å². The molecule has 3 rings (SSSR count). The number of halogens is 1. The molecule has 0 aromatic heterocycles. The molecule has 0 fully saturated rings. The maximum atomic E-state index is 13.7. The van der Waals surface area contributed by atoms with Crippen molar-refractivity contribution in [3.05, 3.63) is 99.4 Å². The Morgan fingerprint density at radius 2 is 1.74 bits per heavy atom. The molecule has 0 aliphatic carbocycles. The average Bonchev–Trinajstić information content (AvgIpc) is 2.90. The number of methoxy groups -OCH3 is 2. The van der Waals surface area contributed by atoms with E-state index >= 15 is 0 Å². The van der Waals surface area contributed by atoms with Crippen LogP contribution in [0.3, 0.4) is 0 Å². The first-order valence-corrected chi connectivity index (χ1v) is 11.6. The molecular formula is C27H26FN3O8. The predicted molar refractivity (Wildman–Crippen MR) is 136 cm³/mol. The van der Waals surface area contributed by atoms with E-state index in [4.69, 9.17) is 9.47 Å². The molecule has 0 aliphatic rings. The predicted octanol–water partition coefficient (Wildman–Crippen LogP) is 2.75. The number of nitro groups is 1. The van der Waals surface area contributed by atoms with E-state index in [0.717, 1.165) is 25.3 Å². The van der Waals surface area contributed by atoms with E-state index in [0.29, 0.717) is 5.56 Å². The molecule has 0 spiro atoms. The lowest BCUT2D eigenvalue weighted by atomic mass is 10.0. The number of aromatic hydroxyl groups is 1. The smallest absolute Gasteiger partial charge is 0.333 e. The molecule has 204 valence electrons. The quantitative estimate of drug-likeness (QED) is 0.191. The number of phenolic OH excluding ortho intramolecular Hbond substituents is 1. The van der Waals surface area contributed by atoms with Gasteiger partial charge in [0.25, 0.3) is 5.69 Å². The first-order valence-electron chi connectivity index (χ1n) is 11.6. The van der Waals surface area contributed by atoms with Crippen molar-refractivity contribution in [2.24, 2.45) is 0 Å². The Morgan fingerprint density at radius 3 is 2.38 bits per heavy atom. The van der Waals surface area contributed by atoms with Gasteiger partial charge in [-0.05, 0) is 35.4 Å². The number of rotatable bonds is 11. The van der Waals surface area contributed by atoms with Crippen LogP contribution in [0.2, 0.25) is 0 Å². The van der Waals surface area contributed by atoms with Crippen LogP contribution in [0.5, 0.6) is 11.5 Å². The topological polar surface area (TPSA) is 157 Å². The molecule has 0 bridgehead atoms. The van der Waals surface area contributed by atoms with E-state index in [2.05, 4.69) is 10.6 Å². The van der Waals surface area contributed by atoms with Crippen molar-refractivity contribution in [2.75, 3.05) is 14.2 Å². The monoisotopic (exact) mass is 539 g/mol. The molecule has 0 unspecified atom stereocenters. The Labute approximate surface area is 222 Å². The largest absolute Gasteiger partial charge is 0.508 e. The molecule has 39 heavy (non-hydrogen) atoms. The highest BCUT2D eigenvalue weighted by Gasteiger charge is 2.30. The second-order valence-corrected chi connectivity index (χ2v) is 8.45. The van der Waals surface area contributed by atoms with Crippen molar-refractivity contribution in [1.82, 2.24) is 10.6 Å². The van der Waals surface area contributed by atoms with Gasteiger partial charge in [0.1, 0.15) is 23.4 Å². The van der Waals surface area contributed by atoms with Crippen molar-refractivity contribution >= 4 is 23.5 Å². The number of nitro benzene ring substituents is 1. The van der Waals surface area contributed by atoms with Crippen molar-refractivity contribution in [3.8, 4) is 11.5 Å². The lowest BCUT2D eigenvalue weighted by Crippen LogP contribution is -2.50. The highest BCUT2D eigenvalue weighted by atomic mass is 19.1. The van der Waals surface area contributed by atoms with E-state index in [1.165, 1.54) is 25.3 Å². The minimum Gasteiger partial charge on any atom is -0.508 e. The molecule has 2 atom stereocenters. The Hall–Kier alpha value is -5.00. The number of phenols is 1. The minimum atomic E-state index is -1.37. The zero-order chi connectivity index (χ0) is 28.5. The summed E-state index contributed by atoms with van der Waals surface area (Å²) in [6.07, 6.45) is -0.572. The summed E-state index contributed by atoms with van der Waals surface area (Å²) >= 11 is 0. The van der Waals surface area contributed by atoms with Crippen molar-refractivity contribution in [1.29, 1.82) is 0 Å². The van der Waals surface area contributed by atoms with E-state index in [9.17, 15) is 34.0 Å². The van der Waals surface area contributed by atoms with E-state index < -0.39 is 52.7 Å². The Morgan fingerprint density at radius 1 is 1.03 bits per heavy atom. The summed E-state index contributed by atoms with van der Waals surface area (Å²) in [4.78, 5) is 49.5. The number of amides is 2. The van der Waals surface area contributed by atoms with Crippen molar-refractivity contribution < 1.29 is 38.3 Å². The lowest BCUT2D eigenvalue weighted by Gasteiger charge is -2.23. The SMILES string of the molecule is COC(=O)[C@@H](NC(=O)[C@@H](Cc1ccccc1)NC(=O)Cc1cc(F)ccc1[N+](=O)[O-])c1cc(O)cc(OC)c1. The van der Waals surface area contributed by atoms with Crippen LogP contribution < -0.4 is 15.4 Å². The minimum absolute atomic E-state index is 0.000904. The number of esters is 1. The fraction of sp³-hybridized carbons (Fsp3) is 0.222. The van der Waals surface area contributed by atoms with Gasteiger partial charge in [0, 0.05) is 24.1 Å². The normalized spacial score (nSPS) is 12.1. The van der Waals surface area contributed by atoms with Gasteiger partial charge in [0.2, 0.25) is 11.8 Å². The standard InChI is InChI=1S/C27H26FN3O8/c1-38-21-13-18(12-20(32)15-21)25(27(35)39-2)30-26(34)22(10-16-6-4-3-5-7-16)29-24(33)14-17-11-19(28)8-9-23(17)31(36)37/h3-9,11-13,15,22,25,32H,10,14H2,1-2H3,(H,29,33)(H,30,34)/t22-,25+/m1/s1. The second kappa shape index (κ2) is 13.0. The Kier molecular flexibility index (Phi) is 9.52. The molecule has 3 aromatic rings.